The van der Waals surface area contributed by atoms with Gasteiger partial charge in [0.1, 0.15) is 5.82 Å². The van der Waals surface area contributed by atoms with Crippen molar-refractivity contribution in [3.63, 3.8) is 0 Å². The Hall–Kier alpha value is -2.65. The maximum Gasteiger partial charge on any atom is 0.237 e. The van der Waals surface area contributed by atoms with Gasteiger partial charge in [0.05, 0.1) is 16.5 Å². The normalized spacial score (nSPS) is 12.0. The first-order valence-corrected chi connectivity index (χ1v) is 8.76. The summed E-state index contributed by atoms with van der Waals surface area (Å²) < 4.78 is 15.1. The number of aromatic nitrogens is 4. The highest BCUT2D eigenvalue weighted by molar-refractivity contribution is 8.00. The van der Waals surface area contributed by atoms with Gasteiger partial charge in [0, 0.05) is 6.20 Å². The highest BCUT2D eigenvalue weighted by Crippen LogP contribution is 2.27. The number of nitrogens with two attached hydrogens (primary N) is 1. The fourth-order valence-electron chi connectivity index (χ4n) is 2.11. The van der Waals surface area contributed by atoms with E-state index in [-0.39, 0.29) is 27.6 Å². The summed E-state index contributed by atoms with van der Waals surface area (Å²) in [4.78, 5) is 16.2. The van der Waals surface area contributed by atoms with E-state index in [4.69, 9.17) is 17.4 Å². The van der Waals surface area contributed by atoms with E-state index in [0.717, 1.165) is 16.4 Å². The number of amides is 1. The van der Waals surface area contributed by atoms with Crippen molar-refractivity contribution in [2.45, 2.75) is 17.3 Å². The Morgan fingerprint density at radius 1 is 1.31 bits per heavy atom. The summed E-state index contributed by atoms with van der Waals surface area (Å²) in [5, 5.41) is 10.5. The molecule has 2 heterocycles. The summed E-state index contributed by atoms with van der Waals surface area (Å²) in [7, 11) is 0. The second-order valence-corrected chi connectivity index (χ2v) is 6.91. The fraction of sp³-hybridized carbons (Fsp3) is 0.125. The Bertz CT molecular complexity index is 950. The number of halogens is 2. The van der Waals surface area contributed by atoms with Crippen molar-refractivity contribution in [1.29, 1.82) is 0 Å². The molecule has 10 heteroatoms. The minimum atomic E-state index is -0.550. The zero-order valence-electron chi connectivity index (χ0n) is 13.6. The molecule has 7 nitrogen and oxygen atoms in total. The Labute approximate surface area is 157 Å². The van der Waals surface area contributed by atoms with Crippen LogP contribution in [0.4, 0.5) is 10.1 Å². The molecule has 0 radical (unpaired) electrons. The number of pyridine rings is 1. The average molecular weight is 393 g/mol. The predicted molar refractivity (Wildman–Crippen MR) is 98.8 cm³/mol. The molecule has 3 rings (SSSR count). The van der Waals surface area contributed by atoms with E-state index in [2.05, 4.69) is 20.5 Å². The molecule has 0 fully saturated rings. The lowest BCUT2D eigenvalue weighted by Crippen LogP contribution is -2.24. The van der Waals surface area contributed by atoms with Gasteiger partial charge in [-0.2, -0.15) is 0 Å². The van der Waals surface area contributed by atoms with Crippen LogP contribution in [0, 0.1) is 5.82 Å². The topological polar surface area (TPSA) is 98.7 Å². The number of carbonyl (C=O) groups is 1. The van der Waals surface area contributed by atoms with E-state index < -0.39 is 11.1 Å². The number of nitrogens with one attached hydrogen (secondary N) is 1. The van der Waals surface area contributed by atoms with Crippen molar-refractivity contribution in [3.05, 3.63) is 53.6 Å². The number of nitrogen functional groups attached to an aromatic ring is 1. The number of hydrogen-bond donors (Lipinski definition) is 2. The smallest absolute Gasteiger partial charge is 0.237 e. The summed E-state index contributed by atoms with van der Waals surface area (Å²) in [6, 6.07) is 9.42. The van der Waals surface area contributed by atoms with Crippen molar-refractivity contribution in [3.8, 4) is 11.4 Å². The van der Waals surface area contributed by atoms with Crippen LogP contribution in [0.2, 0.25) is 5.15 Å². The lowest BCUT2D eigenvalue weighted by atomic mass is 10.2. The Kier molecular flexibility index (Phi) is 5.38. The Balaban J connectivity index is 1.74. The third-order valence-corrected chi connectivity index (χ3v) is 4.81. The lowest BCUT2D eigenvalue weighted by Gasteiger charge is -2.12. The van der Waals surface area contributed by atoms with Crippen LogP contribution in [0.15, 0.2) is 47.8 Å². The molecule has 3 N–H and O–H groups in total. The van der Waals surface area contributed by atoms with Crippen molar-refractivity contribution >= 4 is 35.0 Å². The molecule has 1 atom stereocenters. The zero-order chi connectivity index (χ0) is 18.7. The van der Waals surface area contributed by atoms with Gasteiger partial charge in [-0.15, -0.1) is 10.2 Å². The van der Waals surface area contributed by atoms with Gasteiger partial charge in [-0.05, 0) is 31.2 Å². The first-order valence-electron chi connectivity index (χ1n) is 7.51. The van der Waals surface area contributed by atoms with E-state index in [0.29, 0.717) is 5.69 Å². The number of nitrogens with zero attached hydrogens (tertiary/aromatic N) is 4. The van der Waals surface area contributed by atoms with Gasteiger partial charge in [0.25, 0.3) is 0 Å². The SMILES string of the molecule is C[C@H](Sc1nnc(-c2ccccc2F)n1N)C(=O)Nc1cccnc1Cl. The van der Waals surface area contributed by atoms with Crippen molar-refractivity contribution in [2.75, 3.05) is 11.2 Å². The van der Waals surface area contributed by atoms with E-state index in [1.165, 1.54) is 12.3 Å². The molecule has 0 saturated carbocycles. The van der Waals surface area contributed by atoms with Crippen LogP contribution in [0.25, 0.3) is 11.4 Å². The summed E-state index contributed by atoms with van der Waals surface area (Å²) >= 11 is 7.02. The number of thioether (sulfide) groups is 1. The molecule has 26 heavy (non-hydrogen) atoms. The Morgan fingerprint density at radius 2 is 2.08 bits per heavy atom. The third-order valence-electron chi connectivity index (χ3n) is 3.45. The number of anilines is 1. The molecular formula is C16H14ClFN6OS. The fourth-order valence-corrected chi connectivity index (χ4v) is 3.05. The van der Waals surface area contributed by atoms with Gasteiger partial charge in [-0.3, -0.25) is 4.79 Å². The van der Waals surface area contributed by atoms with Gasteiger partial charge in [0.15, 0.2) is 11.0 Å². The van der Waals surface area contributed by atoms with E-state index in [9.17, 15) is 9.18 Å². The highest BCUT2D eigenvalue weighted by Gasteiger charge is 2.21. The van der Waals surface area contributed by atoms with Crippen LogP contribution in [0.3, 0.4) is 0 Å². The van der Waals surface area contributed by atoms with E-state index in [1.807, 2.05) is 0 Å². The van der Waals surface area contributed by atoms with Gasteiger partial charge < -0.3 is 11.2 Å². The molecule has 1 aromatic carbocycles. The second kappa shape index (κ2) is 7.71. The van der Waals surface area contributed by atoms with E-state index in [1.54, 1.807) is 37.3 Å². The molecular weight excluding hydrogens is 379 g/mol. The molecule has 0 bridgehead atoms. The minimum absolute atomic E-state index is 0.175. The van der Waals surface area contributed by atoms with Crippen LogP contribution < -0.4 is 11.2 Å². The largest absolute Gasteiger partial charge is 0.335 e. The quantitative estimate of drug-likeness (QED) is 0.393. The second-order valence-electron chi connectivity index (χ2n) is 5.25. The number of hydrogen-bond acceptors (Lipinski definition) is 6. The number of rotatable bonds is 5. The number of carbonyl (C=O) groups excluding carboxylic acids is 1. The van der Waals surface area contributed by atoms with Crippen molar-refractivity contribution in [1.82, 2.24) is 19.9 Å². The lowest BCUT2D eigenvalue weighted by molar-refractivity contribution is -0.115. The predicted octanol–water partition coefficient (Wildman–Crippen LogP) is 2.97. The Morgan fingerprint density at radius 3 is 2.81 bits per heavy atom. The molecule has 0 aliphatic carbocycles. The summed E-state index contributed by atoms with van der Waals surface area (Å²) in [5.41, 5.74) is 0.640. The maximum absolute atomic E-state index is 13.9. The van der Waals surface area contributed by atoms with Crippen molar-refractivity contribution < 1.29 is 9.18 Å². The molecule has 0 spiro atoms. The first kappa shape index (κ1) is 18.2. The van der Waals surface area contributed by atoms with Gasteiger partial charge in [-0.1, -0.05) is 35.5 Å². The molecule has 0 unspecified atom stereocenters. The van der Waals surface area contributed by atoms with Gasteiger partial charge in [-0.25, -0.2) is 14.1 Å². The van der Waals surface area contributed by atoms with Gasteiger partial charge >= 0.3 is 0 Å². The van der Waals surface area contributed by atoms with Crippen LogP contribution in [0.1, 0.15) is 6.92 Å². The van der Waals surface area contributed by atoms with Crippen LogP contribution in [0.5, 0.6) is 0 Å². The van der Waals surface area contributed by atoms with Crippen LogP contribution in [-0.4, -0.2) is 31.0 Å². The maximum atomic E-state index is 13.9. The molecule has 0 aliphatic rings. The standard InChI is InChI=1S/C16H14ClFN6OS/c1-9(15(25)21-12-7-4-8-20-13(12)17)26-16-23-22-14(24(16)19)10-5-2-3-6-11(10)18/h2-9H,19H2,1H3,(H,21,25)/t9-/m0/s1. The molecule has 2 aromatic heterocycles. The van der Waals surface area contributed by atoms with E-state index >= 15 is 0 Å². The molecule has 0 saturated heterocycles. The van der Waals surface area contributed by atoms with Crippen LogP contribution >= 0.6 is 23.4 Å². The minimum Gasteiger partial charge on any atom is -0.335 e. The monoisotopic (exact) mass is 392 g/mol. The first-order chi connectivity index (χ1) is 12.5. The van der Waals surface area contributed by atoms with Gasteiger partial charge in [0.2, 0.25) is 11.1 Å². The highest BCUT2D eigenvalue weighted by atomic mass is 35.5. The van der Waals surface area contributed by atoms with Crippen molar-refractivity contribution in [2.24, 2.45) is 0 Å². The van der Waals surface area contributed by atoms with Crippen LogP contribution in [-0.2, 0) is 4.79 Å². The zero-order valence-corrected chi connectivity index (χ0v) is 15.1. The molecule has 1 amide bonds. The molecule has 0 aliphatic heterocycles. The average Bonchev–Trinajstić information content (AvgIpc) is 2.98. The number of benzene rings is 1. The molecule has 134 valence electrons. The molecule has 3 aromatic rings. The summed E-state index contributed by atoms with van der Waals surface area (Å²) in [5.74, 6) is 5.38. The third kappa shape index (κ3) is 3.78. The summed E-state index contributed by atoms with van der Waals surface area (Å²) in [6.07, 6.45) is 1.53. The summed E-state index contributed by atoms with van der Waals surface area (Å²) in [6.45, 7) is 1.68.